The van der Waals surface area contributed by atoms with Gasteiger partial charge in [-0.1, -0.05) is 22.0 Å². The fraction of sp³-hybridized carbons (Fsp3) is 0.211. The molecule has 1 heterocycles. The highest BCUT2D eigenvalue weighted by atomic mass is 79.9. The van der Waals surface area contributed by atoms with Crippen molar-refractivity contribution < 1.29 is 24.1 Å². The predicted molar refractivity (Wildman–Crippen MR) is 97.5 cm³/mol. The molecule has 25 heavy (non-hydrogen) atoms. The van der Waals surface area contributed by atoms with Crippen LogP contribution in [0.3, 0.4) is 0 Å². The van der Waals surface area contributed by atoms with E-state index in [1.165, 1.54) is 6.08 Å². The predicted octanol–water partition coefficient (Wildman–Crippen LogP) is 3.49. The quantitative estimate of drug-likeness (QED) is 0.589. The third kappa shape index (κ3) is 4.41. The molecule has 0 radical (unpaired) electrons. The minimum atomic E-state index is -0.121. The highest BCUT2D eigenvalue weighted by molar-refractivity contribution is 9.10. The average molecular weight is 405 g/mol. The monoisotopic (exact) mass is 404 g/mol. The van der Waals surface area contributed by atoms with Crippen molar-refractivity contribution in [3.05, 3.63) is 58.1 Å². The Balaban J connectivity index is 1.72. The fourth-order valence-electron chi connectivity index (χ4n) is 2.35. The minimum absolute atomic E-state index is 0.0384. The van der Waals surface area contributed by atoms with Crippen LogP contribution in [0.15, 0.2) is 46.9 Å². The molecule has 0 saturated carbocycles. The zero-order chi connectivity index (χ0) is 17.6. The molecule has 130 valence electrons. The summed E-state index contributed by atoms with van der Waals surface area (Å²) < 4.78 is 17.1. The Hall–Kier alpha value is -2.31. The van der Waals surface area contributed by atoms with E-state index in [4.69, 9.17) is 19.3 Å². The Labute approximate surface area is 154 Å². The maximum Gasteiger partial charge on any atom is 0.185 e. The highest BCUT2D eigenvalue weighted by Crippen LogP contribution is 2.31. The summed E-state index contributed by atoms with van der Waals surface area (Å²) in [6.45, 7) is 1.21. The van der Waals surface area contributed by atoms with Gasteiger partial charge in [0, 0.05) is 10.0 Å². The molecule has 0 bridgehead atoms. The highest BCUT2D eigenvalue weighted by Gasteiger charge is 2.13. The molecule has 0 aliphatic carbocycles. The number of carbonyl (C=O) groups excluding carboxylic acids is 1. The van der Waals surface area contributed by atoms with Crippen molar-refractivity contribution in [2.75, 3.05) is 26.4 Å². The van der Waals surface area contributed by atoms with Crippen LogP contribution in [0.25, 0.3) is 6.08 Å². The number of aliphatic hydroxyl groups excluding tert-OH is 1. The molecule has 3 rings (SSSR count). The summed E-state index contributed by atoms with van der Waals surface area (Å²) >= 11 is 3.45. The van der Waals surface area contributed by atoms with E-state index < -0.39 is 0 Å². The van der Waals surface area contributed by atoms with Crippen LogP contribution in [0, 0.1) is 0 Å². The number of benzene rings is 2. The lowest BCUT2D eigenvalue weighted by Crippen LogP contribution is -2.15. The van der Waals surface area contributed by atoms with Crippen LogP contribution >= 0.6 is 15.9 Å². The number of fused-ring (bicyclic) bond motifs is 1. The fourth-order valence-corrected chi connectivity index (χ4v) is 2.84. The van der Waals surface area contributed by atoms with E-state index >= 15 is 0 Å². The number of allylic oxidation sites excluding steroid dienone is 1. The third-order valence-electron chi connectivity index (χ3n) is 3.57. The first-order valence-corrected chi connectivity index (χ1v) is 8.62. The van der Waals surface area contributed by atoms with E-state index in [0.29, 0.717) is 36.0 Å². The van der Waals surface area contributed by atoms with Crippen molar-refractivity contribution in [3.8, 4) is 17.2 Å². The minimum Gasteiger partial charge on any atom is -0.491 e. The number of hydrogen-bond donors (Lipinski definition) is 1. The van der Waals surface area contributed by atoms with Gasteiger partial charge in [-0.25, -0.2) is 0 Å². The van der Waals surface area contributed by atoms with Crippen LogP contribution in [-0.4, -0.2) is 37.3 Å². The lowest BCUT2D eigenvalue weighted by molar-refractivity contribution is 0.104. The van der Waals surface area contributed by atoms with E-state index in [9.17, 15) is 4.79 Å². The van der Waals surface area contributed by atoms with Crippen LogP contribution < -0.4 is 14.2 Å². The van der Waals surface area contributed by atoms with Gasteiger partial charge in [0.05, 0.1) is 6.61 Å². The maximum atomic E-state index is 12.4. The lowest BCUT2D eigenvalue weighted by atomic mass is 10.1. The molecule has 0 saturated heterocycles. The lowest BCUT2D eigenvalue weighted by Gasteiger charge is -2.18. The summed E-state index contributed by atoms with van der Waals surface area (Å²) in [5.74, 6) is 1.78. The van der Waals surface area contributed by atoms with Crippen molar-refractivity contribution in [1.29, 1.82) is 0 Å². The molecule has 0 atom stereocenters. The van der Waals surface area contributed by atoms with Crippen LogP contribution in [0.1, 0.15) is 15.9 Å². The largest absolute Gasteiger partial charge is 0.491 e. The van der Waals surface area contributed by atoms with Crippen molar-refractivity contribution in [2.45, 2.75) is 0 Å². The topological polar surface area (TPSA) is 65.0 Å². The number of ether oxygens (including phenoxy) is 3. The zero-order valence-electron chi connectivity index (χ0n) is 13.4. The Morgan fingerprint density at radius 1 is 1.16 bits per heavy atom. The average Bonchev–Trinajstić information content (AvgIpc) is 2.65. The second-order valence-corrected chi connectivity index (χ2v) is 6.17. The number of halogens is 1. The Kier molecular flexibility index (Phi) is 5.73. The van der Waals surface area contributed by atoms with Gasteiger partial charge < -0.3 is 19.3 Å². The molecule has 5 nitrogen and oxygen atoms in total. The summed E-state index contributed by atoms with van der Waals surface area (Å²) in [6.07, 6.45) is 3.25. The smallest absolute Gasteiger partial charge is 0.185 e. The molecule has 0 spiro atoms. The summed E-state index contributed by atoms with van der Waals surface area (Å²) in [5.41, 5.74) is 1.39. The second kappa shape index (κ2) is 8.18. The first-order valence-electron chi connectivity index (χ1n) is 7.82. The van der Waals surface area contributed by atoms with Gasteiger partial charge in [0.25, 0.3) is 0 Å². The van der Waals surface area contributed by atoms with Gasteiger partial charge in [-0.3, -0.25) is 4.79 Å². The molecule has 0 amide bonds. The van der Waals surface area contributed by atoms with Crippen molar-refractivity contribution in [1.82, 2.24) is 0 Å². The van der Waals surface area contributed by atoms with Gasteiger partial charge in [0.1, 0.15) is 25.6 Å². The number of ketones is 1. The first kappa shape index (κ1) is 17.5. The molecule has 0 unspecified atom stereocenters. The number of carbonyl (C=O) groups is 1. The molecular formula is C19H17BrO5. The van der Waals surface area contributed by atoms with Gasteiger partial charge in [-0.2, -0.15) is 0 Å². The Bertz CT molecular complexity index is 800. The van der Waals surface area contributed by atoms with E-state index in [1.54, 1.807) is 36.4 Å². The zero-order valence-corrected chi connectivity index (χ0v) is 15.0. The standard InChI is InChI=1S/C19H17BrO5/c20-16-12-15(23-8-7-21)4-1-13(16)2-5-17(22)14-3-6-18-19(11-14)25-10-9-24-18/h1-6,11-12,21H,7-10H2. The molecular weight excluding hydrogens is 388 g/mol. The number of aliphatic hydroxyl groups is 1. The molecule has 0 fully saturated rings. The van der Waals surface area contributed by atoms with Gasteiger partial charge in [-0.05, 0) is 48.0 Å². The van der Waals surface area contributed by atoms with Crippen LogP contribution in [0.2, 0.25) is 0 Å². The third-order valence-corrected chi connectivity index (χ3v) is 4.26. The van der Waals surface area contributed by atoms with Gasteiger partial charge in [0.2, 0.25) is 0 Å². The molecule has 0 aromatic heterocycles. The van der Waals surface area contributed by atoms with Gasteiger partial charge >= 0.3 is 0 Å². The number of hydrogen-bond acceptors (Lipinski definition) is 5. The van der Waals surface area contributed by atoms with Crippen molar-refractivity contribution >= 4 is 27.8 Å². The molecule has 1 N–H and O–H groups in total. The van der Waals surface area contributed by atoms with Gasteiger partial charge in [-0.15, -0.1) is 0 Å². The molecule has 2 aromatic carbocycles. The van der Waals surface area contributed by atoms with Gasteiger partial charge in [0.15, 0.2) is 17.3 Å². The number of rotatable bonds is 6. The van der Waals surface area contributed by atoms with Crippen molar-refractivity contribution in [2.24, 2.45) is 0 Å². The SMILES string of the molecule is O=C(C=Cc1ccc(OCCO)cc1Br)c1ccc2c(c1)OCCO2. The Morgan fingerprint density at radius 3 is 2.72 bits per heavy atom. The summed E-state index contributed by atoms with van der Waals surface area (Å²) in [5, 5.41) is 8.78. The van der Waals surface area contributed by atoms with E-state index in [1.807, 2.05) is 6.07 Å². The first-order chi connectivity index (χ1) is 12.2. The van der Waals surface area contributed by atoms with E-state index in [-0.39, 0.29) is 19.0 Å². The van der Waals surface area contributed by atoms with Crippen LogP contribution in [0.4, 0.5) is 0 Å². The van der Waals surface area contributed by atoms with Crippen LogP contribution in [0.5, 0.6) is 17.2 Å². The van der Waals surface area contributed by atoms with E-state index in [2.05, 4.69) is 15.9 Å². The van der Waals surface area contributed by atoms with Crippen molar-refractivity contribution in [3.63, 3.8) is 0 Å². The maximum absolute atomic E-state index is 12.4. The Morgan fingerprint density at radius 2 is 1.96 bits per heavy atom. The molecule has 1 aliphatic rings. The second-order valence-electron chi connectivity index (χ2n) is 5.31. The molecule has 1 aliphatic heterocycles. The van der Waals surface area contributed by atoms with Crippen LogP contribution in [-0.2, 0) is 0 Å². The summed E-state index contributed by atoms with van der Waals surface area (Å²) in [7, 11) is 0. The molecule has 6 heteroatoms. The summed E-state index contributed by atoms with van der Waals surface area (Å²) in [4.78, 5) is 12.4. The molecule has 2 aromatic rings. The summed E-state index contributed by atoms with van der Waals surface area (Å²) in [6, 6.07) is 10.6. The van der Waals surface area contributed by atoms with E-state index in [0.717, 1.165) is 10.0 Å². The normalized spacial score (nSPS) is 13.0.